The van der Waals surface area contributed by atoms with Crippen molar-refractivity contribution >= 4 is 39.9 Å². The van der Waals surface area contributed by atoms with E-state index >= 15 is 0 Å². The number of amides is 2. The van der Waals surface area contributed by atoms with Gasteiger partial charge in [-0.1, -0.05) is 48.0 Å². The van der Waals surface area contributed by atoms with Crippen molar-refractivity contribution < 1.29 is 9.59 Å². The molecule has 0 aliphatic carbocycles. The van der Waals surface area contributed by atoms with E-state index in [1.807, 2.05) is 49.4 Å². The van der Waals surface area contributed by atoms with Gasteiger partial charge in [0.05, 0.1) is 12.3 Å². The zero-order valence-electron chi connectivity index (χ0n) is 14.7. The monoisotopic (exact) mass is 379 g/mol. The molecule has 0 aromatic heterocycles. The van der Waals surface area contributed by atoms with E-state index in [9.17, 15) is 9.59 Å². The minimum atomic E-state index is -0.405. The number of rotatable bonds is 5. The van der Waals surface area contributed by atoms with Crippen LogP contribution in [0.3, 0.4) is 0 Å². The Labute approximate surface area is 162 Å². The minimum Gasteiger partial charge on any atom is -0.343 e. The van der Waals surface area contributed by atoms with Crippen molar-refractivity contribution in [1.29, 1.82) is 0 Å². The van der Waals surface area contributed by atoms with E-state index in [1.54, 1.807) is 24.3 Å². The SMILES string of the molecule is C/C(=N\NC(=O)CNC(=O)c1ccc(Cl)cc1)c1ccc2ccccc2c1. The molecule has 2 amide bonds. The number of hydrazone groups is 1. The van der Waals surface area contributed by atoms with Crippen LogP contribution in [0.1, 0.15) is 22.8 Å². The van der Waals surface area contributed by atoms with Crippen LogP contribution in [0.15, 0.2) is 71.8 Å². The van der Waals surface area contributed by atoms with Crippen molar-refractivity contribution in [3.8, 4) is 0 Å². The number of carbonyl (C=O) groups is 2. The number of nitrogens with one attached hydrogen (secondary N) is 2. The van der Waals surface area contributed by atoms with Gasteiger partial charge in [-0.15, -0.1) is 0 Å². The first kappa shape index (κ1) is 18.6. The molecule has 0 bridgehead atoms. The molecule has 0 fully saturated rings. The number of benzene rings is 3. The van der Waals surface area contributed by atoms with Crippen LogP contribution < -0.4 is 10.7 Å². The molecule has 5 nitrogen and oxygen atoms in total. The Morgan fingerprint density at radius 1 is 0.926 bits per heavy atom. The van der Waals surface area contributed by atoms with Crippen molar-refractivity contribution in [3.63, 3.8) is 0 Å². The Morgan fingerprint density at radius 3 is 2.33 bits per heavy atom. The standard InChI is InChI=1S/C21H18ClN3O2/c1-14(17-7-6-15-4-2-3-5-18(15)12-17)24-25-20(26)13-23-21(27)16-8-10-19(22)11-9-16/h2-12H,13H2,1H3,(H,23,27)(H,25,26)/b24-14+. The van der Waals surface area contributed by atoms with E-state index in [2.05, 4.69) is 15.8 Å². The third-order valence-electron chi connectivity index (χ3n) is 4.03. The predicted molar refractivity (Wildman–Crippen MR) is 108 cm³/mol. The molecule has 3 aromatic rings. The maximum atomic E-state index is 12.0. The van der Waals surface area contributed by atoms with E-state index in [0.717, 1.165) is 16.3 Å². The molecule has 6 heteroatoms. The van der Waals surface area contributed by atoms with Crippen molar-refractivity contribution in [1.82, 2.24) is 10.7 Å². The fourth-order valence-corrected chi connectivity index (χ4v) is 2.65. The van der Waals surface area contributed by atoms with E-state index < -0.39 is 5.91 Å². The molecule has 0 unspecified atom stereocenters. The maximum absolute atomic E-state index is 12.0. The second-order valence-corrected chi connectivity index (χ2v) is 6.42. The van der Waals surface area contributed by atoms with Gasteiger partial charge in [-0.3, -0.25) is 9.59 Å². The van der Waals surface area contributed by atoms with Gasteiger partial charge in [0.1, 0.15) is 0 Å². The highest BCUT2D eigenvalue weighted by Gasteiger charge is 2.08. The molecule has 0 spiro atoms. The molecular formula is C21H18ClN3O2. The van der Waals surface area contributed by atoms with E-state index in [0.29, 0.717) is 16.3 Å². The van der Waals surface area contributed by atoms with E-state index in [4.69, 9.17) is 11.6 Å². The lowest BCUT2D eigenvalue weighted by atomic mass is 10.0. The van der Waals surface area contributed by atoms with E-state index in [-0.39, 0.29) is 12.5 Å². The number of hydrogen-bond acceptors (Lipinski definition) is 3. The summed E-state index contributed by atoms with van der Waals surface area (Å²) in [7, 11) is 0. The highest BCUT2D eigenvalue weighted by molar-refractivity contribution is 6.30. The van der Waals surface area contributed by atoms with Gasteiger partial charge in [0.25, 0.3) is 11.8 Å². The molecule has 136 valence electrons. The summed E-state index contributed by atoms with van der Waals surface area (Å²) in [5.41, 5.74) is 4.49. The molecule has 0 heterocycles. The number of carbonyl (C=O) groups excluding carboxylic acids is 2. The summed E-state index contributed by atoms with van der Waals surface area (Å²) in [5, 5.41) is 9.44. The van der Waals surface area contributed by atoms with Crippen molar-refractivity contribution in [2.75, 3.05) is 6.54 Å². The average Bonchev–Trinajstić information content (AvgIpc) is 2.70. The summed E-state index contributed by atoms with van der Waals surface area (Å²) in [6, 6.07) is 20.4. The first-order valence-corrected chi connectivity index (χ1v) is 8.77. The topological polar surface area (TPSA) is 70.6 Å². The lowest BCUT2D eigenvalue weighted by Gasteiger charge is -2.06. The Hall–Kier alpha value is -3.18. The summed E-state index contributed by atoms with van der Waals surface area (Å²) in [6.45, 7) is 1.65. The van der Waals surface area contributed by atoms with Gasteiger partial charge in [-0.25, -0.2) is 5.43 Å². The van der Waals surface area contributed by atoms with Crippen LogP contribution in [0.2, 0.25) is 5.02 Å². The predicted octanol–water partition coefficient (Wildman–Crippen LogP) is 3.76. The highest BCUT2D eigenvalue weighted by Crippen LogP contribution is 2.16. The lowest BCUT2D eigenvalue weighted by Crippen LogP contribution is -2.35. The second-order valence-electron chi connectivity index (χ2n) is 5.98. The highest BCUT2D eigenvalue weighted by atomic mass is 35.5. The molecule has 0 radical (unpaired) electrons. The van der Waals surface area contributed by atoms with Gasteiger partial charge in [-0.05, 0) is 53.6 Å². The molecule has 27 heavy (non-hydrogen) atoms. The Bertz CT molecular complexity index is 1010. The quantitative estimate of drug-likeness (QED) is 0.523. The normalized spacial score (nSPS) is 11.3. The van der Waals surface area contributed by atoms with Crippen LogP contribution in [0.25, 0.3) is 10.8 Å². The zero-order valence-corrected chi connectivity index (χ0v) is 15.5. The largest absolute Gasteiger partial charge is 0.343 e. The third-order valence-corrected chi connectivity index (χ3v) is 4.28. The fourth-order valence-electron chi connectivity index (χ4n) is 2.53. The van der Waals surface area contributed by atoms with Crippen LogP contribution in [0, 0.1) is 0 Å². The summed E-state index contributed by atoms with van der Waals surface area (Å²) in [4.78, 5) is 23.9. The van der Waals surface area contributed by atoms with Gasteiger partial charge in [-0.2, -0.15) is 5.10 Å². The van der Waals surface area contributed by atoms with Gasteiger partial charge in [0.15, 0.2) is 0 Å². The number of nitrogens with zero attached hydrogens (tertiary/aromatic N) is 1. The van der Waals surface area contributed by atoms with Crippen molar-refractivity contribution in [3.05, 3.63) is 82.9 Å². The van der Waals surface area contributed by atoms with E-state index in [1.165, 1.54) is 0 Å². The van der Waals surface area contributed by atoms with Gasteiger partial charge in [0, 0.05) is 10.6 Å². The van der Waals surface area contributed by atoms with Gasteiger partial charge < -0.3 is 5.32 Å². The fraction of sp³-hybridized carbons (Fsp3) is 0.0952. The summed E-state index contributed by atoms with van der Waals surface area (Å²) in [5.74, 6) is -0.755. The molecule has 0 atom stereocenters. The molecule has 0 aliphatic heterocycles. The lowest BCUT2D eigenvalue weighted by molar-refractivity contribution is -0.120. The van der Waals surface area contributed by atoms with Crippen LogP contribution in [0.5, 0.6) is 0 Å². The molecule has 2 N–H and O–H groups in total. The average molecular weight is 380 g/mol. The van der Waals surface area contributed by atoms with Gasteiger partial charge >= 0.3 is 0 Å². The van der Waals surface area contributed by atoms with Crippen LogP contribution in [-0.4, -0.2) is 24.1 Å². The summed E-state index contributed by atoms with van der Waals surface area (Å²) >= 11 is 5.79. The van der Waals surface area contributed by atoms with Crippen molar-refractivity contribution in [2.45, 2.75) is 6.92 Å². The Balaban J connectivity index is 1.56. The van der Waals surface area contributed by atoms with Crippen LogP contribution in [0.4, 0.5) is 0 Å². The first-order chi connectivity index (χ1) is 13.0. The maximum Gasteiger partial charge on any atom is 0.259 e. The number of hydrogen-bond donors (Lipinski definition) is 2. The number of fused-ring (bicyclic) bond motifs is 1. The molecule has 0 saturated heterocycles. The van der Waals surface area contributed by atoms with Crippen LogP contribution in [-0.2, 0) is 4.79 Å². The summed E-state index contributed by atoms with van der Waals surface area (Å²) < 4.78 is 0. The Kier molecular flexibility index (Phi) is 5.84. The smallest absolute Gasteiger partial charge is 0.259 e. The van der Waals surface area contributed by atoms with Crippen molar-refractivity contribution in [2.24, 2.45) is 5.10 Å². The second kappa shape index (κ2) is 8.47. The molecule has 0 aliphatic rings. The van der Waals surface area contributed by atoms with Crippen LogP contribution >= 0.6 is 11.6 Å². The third kappa shape index (κ3) is 4.92. The Morgan fingerprint density at radius 2 is 1.59 bits per heavy atom. The molecular weight excluding hydrogens is 362 g/mol. The number of halogens is 1. The minimum absolute atomic E-state index is 0.171. The first-order valence-electron chi connectivity index (χ1n) is 8.39. The molecule has 3 rings (SSSR count). The summed E-state index contributed by atoms with van der Waals surface area (Å²) in [6.07, 6.45) is 0. The molecule has 0 saturated carbocycles. The van der Waals surface area contributed by atoms with Gasteiger partial charge in [0.2, 0.25) is 0 Å². The molecule has 3 aromatic carbocycles. The zero-order chi connectivity index (χ0) is 19.2.